The van der Waals surface area contributed by atoms with Crippen LogP contribution < -0.4 is 5.73 Å². The quantitative estimate of drug-likeness (QED) is 0.446. The molecule has 5 atom stereocenters. The molecular weight excluding hydrogens is 378 g/mol. The number of aryl methyl sites for hydroxylation is 1. The number of phenols is 1. The number of allylic oxidation sites excluding steroid dienone is 1. The van der Waals surface area contributed by atoms with Gasteiger partial charge in [-0.25, -0.2) is 0 Å². The van der Waals surface area contributed by atoms with E-state index in [1.165, 1.54) is 6.07 Å². The van der Waals surface area contributed by atoms with Crippen molar-refractivity contribution in [2.45, 2.75) is 44.3 Å². The van der Waals surface area contributed by atoms with E-state index in [0.29, 0.717) is 18.4 Å². The van der Waals surface area contributed by atoms with Gasteiger partial charge in [-0.2, -0.15) is 0 Å². The monoisotopic (exact) mass is 401 g/mol. The molecule has 0 saturated heterocycles. The first-order chi connectivity index (χ1) is 13.6. The molecule has 4 rings (SSSR count). The standard InChI is InChI=1S/C21H23NO7/c1-2-8-3-4-12(23)15-11(8)6-9-5-10-7-13(24)16(20(22)28)19(27)21(10,29)18(26)14(9)17(15)25/h3-4,9-10,13,16,23-24,26,29H,2,5-7H2,1H3,(H2,22,28)/t9-,10+,13?,16?,21+/m1/s1. The molecule has 29 heavy (non-hydrogen) atoms. The highest BCUT2D eigenvalue weighted by atomic mass is 16.3. The van der Waals surface area contributed by atoms with Gasteiger partial charge in [0.25, 0.3) is 0 Å². The maximum absolute atomic E-state index is 13.2. The largest absolute Gasteiger partial charge is 0.508 e. The number of aromatic hydroxyl groups is 1. The molecule has 3 aliphatic carbocycles. The van der Waals surface area contributed by atoms with E-state index >= 15 is 0 Å². The van der Waals surface area contributed by atoms with Crippen molar-refractivity contribution in [2.75, 3.05) is 0 Å². The van der Waals surface area contributed by atoms with Crippen molar-refractivity contribution in [3.63, 3.8) is 0 Å². The van der Waals surface area contributed by atoms with Crippen molar-refractivity contribution in [2.24, 2.45) is 23.5 Å². The molecule has 8 nitrogen and oxygen atoms in total. The van der Waals surface area contributed by atoms with Crippen LogP contribution in [0.25, 0.3) is 0 Å². The number of aliphatic hydroxyl groups is 3. The minimum atomic E-state index is -2.46. The molecule has 1 fully saturated rings. The van der Waals surface area contributed by atoms with Gasteiger partial charge in [-0.1, -0.05) is 13.0 Å². The number of hydrogen-bond donors (Lipinski definition) is 5. The number of rotatable bonds is 2. The van der Waals surface area contributed by atoms with Gasteiger partial charge >= 0.3 is 0 Å². The van der Waals surface area contributed by atoms with Crippen molar-refractivity contribution in [1.29, 1.82) is 0 Å². The molecule has 0 bridgehead atoms. The lowest BCUT2D eigenvalue weighted by Crippen LogP contribution is -2.63. The number of benzene rings is 1. The van der Waals surface area contributed by atoms with Crippen LogP contribution in [0.2, 0.25) is 0 Å². The van der Waals surface area contributed by atoms with E-state index in [9.17, 15) is 34.8 Å². The predicted octanol–water partition coefficient (Wildman–Crippen LogP) is 0.308. The summed E-state index contributed by atoms with van der Waals surface area (Å²) in [6.07, 6.45) is -0.284. The number of carbonyl (C=O) groups excluding carboxylic acids is 3. The van der Waals surface area contributed by atoms with Gasteiger partial charge in [0, 0.05) is 11.5 Å². The lowest BCUT2D eigenvalue weighted by molar-refractivity contribution is -0.167. The number of phenolic OH excluding ortho intramolecular Hbond substituents is 1. The predicted molar refractivity (Wildman–Crippen MR) is 100 cm³/mol. The molecule has 1 aromatic carbocycles. The zero-order valence-electron chi connectivity index (χ0n) is 15.9. The first kappa shape index (κ1) is 19.6. The van der Waals surface area contributed by atoms with Crippen LogP contribution in [0.3, 0.4) is 0 Å². The third-order valence-corrected chi connectivity index (χ3v) is 6.75. The SMILES string of the molecule is CCc1ccc(O)c2c1C[C@H]1C[C@H]3CC(O)C(C(N)=O)C(=O)[C@@]3(O)C(O)=C1C2=O. The number of Topliss-reactive ketones (excluding diaryl/α,β-unsaturated/α-hetero) is 2. The summed E-state index contributed by atoms with van der Waals surface area (Å²) in [5, 5.41) is 42.6. The molecule has 1 aromatic rings. The average molecular weight is 401 g/mol. The maximum atomic E-state index is 13.2. The molecule has 0 radical (unpaired) electrons. The molecule has 0 spiro atoms. The Kier molecular flexibility index (Phi) is 4.32. The molecular formula is C21H23NO7. The second-order valence-electron chi connectivity index (χ2n) is 8.19. The summed E-state index contributed by atoms with van der Waals surface area (Å²) < 4.78 is 0. The highest BCUT2D eigenvalue weighted by Crippen LogP contribution is 2.51. The second-order valence-corrected chi connectivity index (χ2v) is 8.19. The van der Waals surface area contributed by atoms with Crippen LogP contribution in [0.1, 0.15) is 41.3 Å². The lowest BCUT2D eigenvalue weighted by atomic mass is 9.57. The van der Waals surface area contributed by atoms with Crippen LogP contribution in [0.4, 0.5) is 0 Å². The Morgan fingerprint density at radius 1 is 1.24 bits per heavy atom. The zero-order chi connectivity index (χ0) is 21.2. The highest BCUT2D eigenvalue weighted by molar-refractivity contribution is 6.15. The summed E-state index contributed by atoms with van der Waals surface area (Å²) in [5.41, 5.74) is 4.31. The van der Waals surface area contributed by atoms with Crippen LogP contribution in [0, 0.1) is 17.8 Å². The topological polar surface area (TPSA) is 158 Å². The first-order valence-electron chi connectivity index (χ1n) is 9.68. The van der Waals surface area contributed by atoms with Gasteiger partial charge in [0.1, 0.15) is 17.4 Å². The van der Waals surface area contributed by atoms with Crippen LogP contribution >= 0.6 is 0 Å². The Morgan fingerprint density at radius 2 is 1.93 bits per heavy atom. The number of ketones is 2. The van der Waals surface area contributed by atoms with Gasteiger partial charge < -0.3 is 26.2 Å². The Labute approximate surface area is 166 Å². The number of carbonyl (C=O) groups is 3. The Balaban J connectivity index is 1.89. The van der Waals surface area contributed by atoms with Crippen molar-refractivity contribution in [1.82, 2.24) is 0 Å². The third-order valence-electron chi connectivity index (χ3n) is 6.75. The van der Waals surface area contributed by atoms with E-state index in [0.717, 1.165) is 5.56 Å². The summed E-state index contributed by atoms with van der Waals surface area (Å²) in [7, 11) is 0. The Hall–Kier alpha value is -2.71. The molecule has 2 unspecified atom stereocenters. The van der Waals surface area contributed by atoms with Crippen LogP contribution in [0.5, 0.6) is 5.75 Å². The van der Waals surface area contributed by atoms with Gasteiger partial charge in [0.2, 0.25) is 5.91 Å². The number of aliphatic hydroxyl groups excluding tert-OH is 2. The van der Waals surface area contributed by atoms with E-state index in [1.54, 1.807) is 6.07 Å². The molecule has 0 heterocycles. The summed E-state index contributed by atoms with van der Waals surface area (Å²) in [6, 6.07) is 3.17. The van der Waals surface area contributed by atoms with E-state index in [2.05, 4.69) is 0 Å². The lowest BCUT2D eigenvalue weighted by Gasteiger charge is -2.48. The van der Waals surface area contributed by atoms with Gasteiger partial charge in [0.15, 0.2) is 17.2 Å². The normalized spacial score (nSPS) is 33.8. The van der Waals surface area contributed by atoms with Crippen molar-refractivity contribution in [3.8, 4) is 5.75 Å². The van der Waals surface area contributed by atoms with E-state index < -0.39 is 52.7 Å². The van der Waals surface area contributed by atoms with Gasteiger partial charge in [0.05, 0.1) is 11.7 Å². The van der Waals surface area contributed by atoms with Crippen LogP contribution in [-0.2, 0) is 22.4 Å². The fourth-order valence-electron chi connectivity index (χ4n) is 5.32. The molecule has 0 aromatic heterocycles. The molecule has 6 N–H and O–H groups in total. The number of primary amides is 1. The van der Waals surface area contributed by atoms with E-state index in [-0.39, 0.29) is 29.7 Å². The minimum absolute atomic E-state index is 0.0685. The van der Waals surface area contributed by atoms with Gasteiger partial charge in [-0.3, -0.25) is 14.4 Å². The van der Waals surface area contributed by atoms with E-state index in [1.807, 2.05) is 6.92 Å². The molecule has 3 aliphatic rings. The summed E-state index contributed by atoms with van der Waals surface area (Å²) in [6.45, 7) is 1.93. The summed E-state index contributed by atoms with van der Waals surface area (Å²) >= 11 is 0. The molecule has 154 valence electrons. The zero-order valence-corrected chi connectivity index (χ0v) is 15.9. The summed E-state index contributed by atoms with van der Waals surface area (Å²) in [5.74, 6) is -6.84. The number of nitrogens with two attached hydrogens (primary N) is 1. The molecule has 0 aliphatic heterocycles. The fraction of sp³-hybridized carbons (Fsp3) is 0.476. The fourth-order valence-corrected chi connectivity index (χ4v) is 5.32. The molecule has 1 saturated carbocycles. The molecule has 1 amide bonds. The first-order valence-corrected chi connectivity index (χ1v) is 9.68. The maximum Gasteiger partial charge on any atom is 0.230 e. The smallest absolute Gasteiger partial charge is 0.230 e. The van der Waals surface area contributed by atoms with Gasteiger partial charge in [-0.05, 0) is 48.8 Å². The summed E-state index contributed by atoms with van der Waals surface area (Å²) in [4.78, 5) is 37.7. The number of amides is 1. The number of hydrogen-bond acceptors (Lipinski definition) is 7. The second kappa shape index (κ2) is 6.40. The van der Waals surface area contributed by atoms with E-state index in [4.69, 9.17) is 5.73 Å². The Morgan fingerprint density at radius 3 is 2.55 bits per heavy atom. The van der Waals surface area contributed by atoms with Gasteiger partial charge in [-0.15, -0.1) is 0 Å². The Bertz CT molecular complexity index is 981. The average Bonchev–Trinajstić information content (AvgIpc) is 2.64. The van der Waals surface area contributed by atoms with Crippen molar-refractivity contribution in [3.05, 3.63) is 40.2 Å². The third kappa shape index (κ3) is 2.49. The van der Waals surface area contributed by atoms with Crippen LogP contribution in [0.15, 0.2) is 23.5 Å². The van der Waals surface area contributed by atoms with Crippen molar-refractivity contribution >= 4 is 17.5 Å². The number of fused-ring (bicyclic) bond motifs is 3. The minimum Gasteiger partial charge on any atom is -0.508 e. The highest BCUT2D eigenvalue weighted by Gasteiger charge is 2.62. The van der Waals surface area contributed by atoms with Crippen LogP contribution in [-0.4, -0.2) is 49.6 Å². The van der Waals surface area contributed by atoms with Crippen molar-refractivity contribution < 1.29 is 34.8 Å². The molecule has 8 heteroatoms.